The highest BCUT2D eigenvalue weighted by molar-refractivity contribution is 5.99. The predicted molar refractivity (Wildman–Crippen MR) is 144 cm³/mol. The lowest BCUT2D eigenvalue weighted by Crippen LogP contribution is -2.53. The molecule has 1 aliphatic carbocycles. The summed E-state index contributed by atoms with van der Waals surface area (Å²) < 4.78 is 11.1. The number of anilines is 1. The van der Waals surface area contributed by atoms with Gasteiger partial charge in [0.2, 0.25) is 5.91 Å². The topological polar surface area (TPSA) is 91.4 Å². The highest BCUT2D eigenvalue weighted by Gasteiger charge is 2.53. The molecule has 1 aromatic carbocycles. The van der Waals surface area contributed by atoms with Gasteiger partial charge in [0.15, 0.2) is 5.78 Å². The summed E-state index contributed by atoms with van der Waals surface area (Å²) in [5.41, 5.74) is 1.42. The molecule has 4 aliphatic rings. The molecule has 1 aromatic rings. The molecular weight excluding hydrogens is 484 g/mol. The fourth-order valence-electron chi connectivity index (χ4n) is 6.22. The van der Waals surface area contributed by atoms with Crippen molar-refractivity contribution >= 4 is 23.3 Å². The zero-order valence-corrected chi connectivity index (χ0v) is 23.2. The van der Waals surface area contributed by atoms with Crippen molar-refractivity contribution in [1.29, 1.82) is 0 Å². The van der Waals surface area contributed by atoms with E-state index in [1.807, 2.05) is 45.0 Å². The van der Waals surface area contributed by atoms with Crippen LogP contribution in [0.4, 0.5) is 5.69 Å². The maximum Gasteiger partial charge on any atom is 0.251 e. The Morgan fingerprint density at radius 1 is 1.11 bits per heavy atom. The van der Waals surface area contributed by atoms with Gasteiger partial charge in [-0.2, -0.15) is 0 Å². The van der Waals surface area contributed by atoms with E-state index in [1.54, 1.807) is 12.0 Å². The molecule has 0 aromatic heterocycles. The molecule has 4 fully saturated rings. The molecule has 3 saturated heterocycles. The molecule has 208 valence electrons. The van der Waals surface area contributed by atoms with Crippen LogP contribution in [0.2, 0.25) is 0 Å². The van der Waals surface area contributed by atoms with E-state index >= 15 is 0 Å². The lowest BCUT2D eigenvalue weighted by atomic mass is 9.87. The Morgan fingerprint density at radius 3 is 2.37 bits per heavy atom. The van der Waals surface area contributed by atoms with Crippen LogP contribution in [-0.2, 0) is 19.1 Å². The van der Waals surface area contributed by atoms with Crippen LogP contribution in [0.15, 0.2) is 24.3 Å². The minimum atomic E-state index is -0.758. The molecule has 0 spiro atoms. The molecule has 9 nitrogen and oxygen atoms in total. The van der Waals surface area contributed by atoms with Crippen molar-refractivity contribution in [2.75, 3.05) is 51.3 Å². The van der Waals surface area contributed by atoms with Crippen LogP contribution >= 0.6 is 0 Å². The number of ketones is 1. The standard InChI is InChI=1S/C29H42N4O5/c1-29(2,3)16-22(28(36)33-17-24(37-4)26-25(33)23(34)18-38-26)30-27(35)19-8-10-21(11-9-19)32-14-12-31(13-15-32)20-6-5-7-20/h8-11,20,22,24-26H,5-7,12-18H2,1-4H3,(H,30,35)/t22-,24-,25+,26+/m0/s1. The van der Waals surface area contributed by atoms with E-state index in [9.17, 15) is 14.4 Å². The van der Waals surface area contributed by atoms with Crippen LogP contribution in [0, 0.1) is 5.41 Å². The summed E-state index contributed by atoms with van der Waals surface area (Å²) in [5, 5.41) is 2.98. The summed E-state index contributed by atoms with van der Waals surface area (Å²) in [6.07, 6.45) is 3.66. The summed E-state index contributed by atoms with van der Waals surface area (Å²) in [7, 11) is 1.56. The number of methoxy groups -OCH3 is 1. The Hall–Kier alpha value is -2.49. The summed E-state index contributed by atoms with van der Waals surface area (Å²) in [6, 6.07) is 7.03. The SMILES string of the molecule is CO[C@H]1CN(C(=O)[C@H](CC(C)(C)C)NC(=O)c2ccc(N3CCN(C4CCC4)CC3)cc2)[C@@H]2C(=O)CO[C@H]12. The molecular formula is C29H42N4O5. The van der Waals surface area contributed by atoms with Gasteiger partial charge in [-0.05, 0) is 48.9 Å². The van der Waals surface area contributed by atoms with E-state index in [0.717, 1.165) is 37.9 Å². The van der Waals surface area contributed by atoms with Gasteiger partial charge in [-0.1, -0.05) is 27.2 Å². The molecule has 38 heavy (non-hydrogen) atoms. The number of Topliss-reactive ketones (excluding diaryl/α,β-unsaturated/α-hetero) is 1. The number of benzene rings is 1. The molecule has 3 heterocycles. The van der Waals surface area contributed by atoms with Crippen molar-refractivity contribution in [2.24, 2.45) is 5.41 Å². The van der Waals surface area contributed by atoms with Crippen molar-refractivity contribution in [3.8, 4) is 0 Å². The summed E-state index contributed by atoms with van der Waals surface area (Å²) in [6.45, 7) is 10.5. The first-order valence-corrected chi connectivity index (χ1v) is 14.0. The largest absolute Gasteiger partial charge is 0.377 e. The quantitative estimate of drug-likeness (QED) is 0.582. The molecule has 0 radical (unpaired) electrons. The molecule has 0 bridgehead atoms. The van der Waals surface area contributed by atoms with Crippen LogP contribution < -0.4 is 10.2 Å². The van der Waals surface area contributed by atoms with Gasteiger partial charge in [0.25, 0.3) is 5.91 Å². The molecule has 1 N–H and O–H groups in total. The highest BCUT2D eigenvalue weighted by Crippen LogP contribution is 2.31. The number of likely N-dealkylation sites (tertiary alicyclic amines) is 1. The van der Waals surface area contributed by atoms with E-state index in [1.165, 1.54) is 19.3 Å². The molecule has 2 amide bonds. The predicted octanol–water partition coefficient (Wildman–Crippen LogP) is 2.09. The van der Waals surface area contributed by atoms with Crippen LogP contribution in [0.25, 0.3) is 0 Å². The molecule has 1 saturated carbocycles. The third-order valence-electron chi connectivity index (χ3n) is 8.54. The summed E-state index contributed by atoms with van der Waals surface area (Å²) >= 11 is 0. The van der Waals surface area contributed by atoms with Crippen molar-refractivity contribution in [1.82, 2.24) is 15.1 Å². The second kappa shape index (κ2) is 10.9. The van der Waals surface area contributed by atoms with Gasteiger partial charge in [0, 0.05) is 50.6 Å². The van der Waals surface area contributed by atoms with Crippen LogP contribution in [0.3, 0.4) is 0 Å². The lowest BCUT2D eigenvalue weighted by Gasteiger charge is -2.43. The van der Waals surface area contributed by atoms with Crippen molar-refractivity contribution in [3.05, 3.63) is 29.8 Å². The fourth-order valence-corrected chi connectivity index (χ4v) is 6.22. The third-order valence-corrected chi connectivity index (χ3v) is 8.54. The van der Waals surface area contributed by atoms with Gasteiger partial charge in [-0.3, -0.25) is 19.3 Å². The number of carbonyl (C=O) groups excluding carboxylic acids is 3. The second-order valence-electron chi connectivity index (χ2n) is 12.4. The maximum absolute atomic E-state index is 13.7. The minimum Gasteiger partial charge on any atom is -0.377 e. The first kappa shape index (κ1) is 27.1. The van der Waals surface area contributed by atoms with E-state index < -0.39 is 18.2 Å². The molecule has 0 unspecified atom stereocenters. The number of carbonyl (C=O) groups is 3. The van der Waals surface area contributed by atoms with Crippen molar-refractivity contribution in [3.63, 3.8) is 0 Å². The van der Waals surface area contributed by atoms with E-state index in [-0.39, 0.29) is 42.3 Å². The summed E-state index contributed by atoms with van der Waals surface area (Å²) in [4.78, 5) is 46.1. The van der Waals surface area contributed by atoms with E-state index in [4.69, 9.17) is 9.47 Å². The Labute approximate surface area is 225 Å². The van der Waals surface area contributed by atoms with E-state index in [0.29, 0.717) is 12.0 Å². The Bertz CT molecular complexity index is 1030. The molecule has 4 atom stereocenters. The van der Waals surface area contributed by atoms with Gasteiger partial charge >= 0.3 is 0 Å². The fraction of sp³-hybridized carbons (Fsp3) is 0.690. The molecule has 3 aliphatic heterocycles. The molecule has 9 heteroatoms. The number of nitrogens with one attached hydrogen (secondary N) is 1. The highest BCUT2D eigenvalue weighted by atomic mass is 16.5. The van der Waals surface area contributed by atoms with Crippen LogP contribution in [0.5, 0.6) is 0 Å². The number of piperazine rings is 1. The normalized spacial score (nSPS) is 27.3. The Kier molecular flexibility index (Phi) is 7.80. The second-order valence-corrected chi connectivity index (χ2v) is 12.4. The van der Waals surface area contributed by atoms with Gasteiger partial charge in [0.05, 0.1) is 6.54 Å². The maximum atomic E-state index is 13.7. The first-order chi connectivity index (χ1) is 18.1. The third kappa shape index (κ3) is 5.60. The lowest BCUT2D eigenvalue weighted by molar-refractivity contribution is -0.138. The van der Waals surface area contributed by atoms with Gasteiger partial charge < -0.3 is 24.6 Å². The zero-order chi connectivity index (χ0) is 27.0. The number of hydrogen-bond donors (Lipinski definition) is 1. The number of hydrogen-bond acceptors (Lipinski definition) is 7. The minimum absolute atomic E-state index is 0.0166. The number of nitrogens with zero attached hydrogens (tertiary/aromatic N) is 3. The van der Waals surface area contributed by atoms with Crippen LogP contribution in [-0.4, -0.2) is 104 Å². The average Bonchev–Trinajstić information content (AvgIpc) is 3.42. The summed E-state index contributed by atoms with van der Waals surface area (Å²) in [5.74, 6) is -0.669. The van der Waals surface area contributed by atoms with Gasteiger partial charge in [0.1, 0.15) is 30.9 Å². The van der Waals surface area contributed by atoms with Crippen molar-refractivity contribution < 1.29 is 23.9 Å². The van der Waals surface area contributed by atoms with Gasteiger partial charge in [-0.25, -0.2) is 0 Å². The average molecular weight is 527 g/mol. The molecule has 5 rings (SSSR count). The monoisotopic (exact) mass is 526 g/mol. The number of ether oxygens (including phenoxy) is 2. The number of fused-ring (bicyclic) bond motifs is 1. The van der Waals surface area contributed by atoms with Crippen molar-refractivity contribution in [2.45, 2.75) is 76.8 Å². The first-order valence-electron chi connectivity index (χ1n) is 14.0. The number of rotatable bonds is 7. The Balaban J connectivity index is 1.24. The Morgan fingerprint density at radius 2 is 1.79 bits per heavy atom. The van der Waals surface area contributed by atoms with Gasteiger partial charge in [-0.15, -0.1) is 0 Å². The van der Waals surface area contributed by atoms with E-state index in [2.05, 4.69) is 15.1 Å². The van der Waals surface area contributed by atoms with Crippen LogP contribution in [0.1, 0.15) is 56.8 Å². The zero-order valence-electron chi connectivity index (χ0n) is 23.2. The number of amides is 2. The smallest absolute Gasteiger partial charge is 0.251 e.